The Morgan fingerprint density at radius 3 is 2.65 bits per heavy atom. The van der Waals surface area contributed by atoms with Crippen molar-refractivity contribution in [2.45, 2.75) is 37.1 Å². The first-order valence-electron chi connectivity index (χ1n) is 8.88. The number of sulfonamides is 1. The van der Waals surface area contributed by atoms with E-state index in [1.165, 1.54) is 4.31 Å². The summed E-state index contributed by atoms with van der Waals surface area (Å²) in [5.74, 6) is -0.204. The lowest BCUT2D eigenvalue weighted by molar-refractivity contribution is -0.119. The second-order valence-corrected chi connectivity index (χ2v) is 9.13. The molecule has 136 valence electrons. The summed E-state index contributed by atoms with van der Waals surface area (Å²) >= 11 is 0. The summed E-state index contributed by atoms with van der Waals surface area (Å²) in [6.07, 6.45) is 1.68. The molecule has 0 bridgehead atoms. The van der Waals surface area contributed by atoms with Crippen LogP contribution in [-0.2, 0) is 27.8 Å². The van der Waals surface area contributed by atoms with Crippen LogP contribution in [0.25, 0.3) is 0 Å². The molecule has 0 spiro atoms. The number of aryl methyl sites for hydroxylation is 1. The molecule has 0 fully saturated rings. The molecule has 6 heteroatoms. The molecule has 0 N–H and O–H groups in total. The van der Waals surface area contributed by atoms with Crippen molar-refractivity contribution in [2.24, 2.45) is 0 Å². The number of carbonyl (C=O) groups excluding carboxylic acids is 1. The number of nitrogens with zero attached hydrogens (tertiary/aromatic N) is 2. The number of amides is 1. The molecule has 1 amide bonds. The molecule has 4 rings (SSSR count). The Hall–Kier alpha value is -2.18. The Balaban J connectivity index is 1.73. The molecule has 2 aliphatic rings. The van der Waals surface area contributed by atoms with E-state index >= 15 is 0 Å². The normalized spacial score (nSPS) is 19.1. The largest absolute Gasteiger partial charge is 0.311 e. The van der Waals surface area contributed by atoms with Crippen molar-refractivity contribution in [1.29, 1.82) is 0 Å². The smallest absolute Gasteiger partial charge is 0.243 e. The maximum absolute atomic E-state index is 13.1. The van der Waals surface area contributed by atoms with Gasteiger partial charge in [0.25, 0.3) is 0 Å². The minimum atomic E-state index is -3.62. The fourth-order valence-corrected chi connectivity index (χ4v) is 5.17. The van der Waals surface area contributed by atoms with Crippen molar-refractivity contribution >= 4 is 21.6 Å². The van der Waals surface area contributed by atoms with Gasteiger partial charge in [0.15, 0.2) is 0 Å². The summed E-state index contributed by atoms with van der Waals surface area (Å²) in [5.41, 5.74) is 3.70. The minimum Gasteiger partial charge on any atom is -0.311 e. The molecule has 0 saturated heterocycles. The first kappa shape index (κ1) is 17.2. The predicted octanol–water partition coefficient (Wildman–Crippen LogP) is 2.90. The van der Waals surface area contributed by atoms with Gasteiger partial charge in [-0.3, -0.25) is 4.79 Å². The average Bonchev–Trinajstić information content (AvgIpc) is 2.89. The van der Waals surface area contributed by atoms with Gasteiger partial charge in [0.1, 0.15) is 0 Å². The number of benzene rings is 2. The Labute approximate surface area is 154 Å². The van der Waals surface area contributed by atoms with Crippen LogP contribution in [0.1, 0.15) is 36.0 Å². The van der Waals surface area contributed by atoms with Gasteiger partial charge in [-0.2, -0.15) is 4.31 Å². The van der Waals surface area contributed by atoms with Crippen LogP contribution in [0.3, 0.4) is 0 Å². The van der Waals surface area contributed by atoms with Gasteiger partial charge in [0.05, 0.1) is 16.5 Å². The van der Waals surface area contributed by atoms with E-state index in [9.17, 15) is 13.2 Å². The van der Waals surface area contributed by atoms with Gasteiger partial charge in [0, 0.05) is 20.1 Å². The lowest BCUT2D eigenvalue weighted by atomic mass is 9.97. The third-order valence-corrected chi connectivity index (χ3v) is 7.13. The minimum absolute atomic E-state index is 0.0770. The van der Waals surface area contributed by atoms with Crippen molar-refractivity contribution in [2.75, 3.05) is 18.5 Å². The zero-order valence-electron chi connectivity index (χ0n) is 15.0. The Morgan fingerprint density at radius 2 is 1.92 bits per heavy atom. The molecule has 2 aliphatic heterocycles. The molecular formula is C20H22N2O3S. The number of rotatable bonds is 4. The molecule has 2 aromatic carbocycles. The van der Waals surface area contributed by atoms with Gasteiger partial charge in [-0.25, -0.2) is 8.42 Å². The molecule has 0 aromatic heterocycles. The third-order valence-electron chi connectivity index (χ3n) is 5.35. The zero-order chi connectivity index (χ0) is 18.5. The molecule has 26 heavy (non-hydrogen) atoms. The SMILES string of the molecule is C[C@H]1C(=O)N2CCCc3cc(S(=O)(=O)N(C)Cc4ccccc4)cc1c32. The van der Waals surface area contributed by atoms with Crippen LogP contribution >= 0.6 is 0 Å². The van der Waals surface area contributed by atoms with Crippen molar-refractivity contribution in [3.63, 3.8) is 0 Å². The first-order chi connectivity index (χ1) is 12.4. The van der Waals surface area contributed by atoms with E-state index < -0.39 is 10.0 Å². The maximum atomic E-state index is 13.1. The van der Waals surface area contributed by atoms with E-state index in [1.807, 2.05) is 42.2 Å². The molecule has 0 aliphatic carbocycles. The second-order valence-electron chi connectivity index (χ2n) is 7.08. The van der Waals surface area contributed by atoms with Crippen LogP contribution < -0.4 is 4.90 Å². The average molecular weight is 370 g/mol. The quantitative estimate of drug-likeness (QED) is 0.831. The molecule has 0 unspecified atom stereocenters. The number of anilines is 1. The fourth-order valence-electron chi connectivity index (χ4n) is 3.92. The van der Waals surface area contributed by atoms with Gasteiger partial charge in [-0.15, -0.1) is 0 Å². The number of hydrogen-bond acceptors (Lipinski definition) is 3. The van der Waals surface area contributed by atoms with E-state index in [4.69, 9.17) is 0 Å². The molecule has 2 heterocycles. The predicted molar refractivity (Wildman–Crippen MR) is 101 cm³/mol. The van der Waals surface area contributed by atoms with Gasteiger partial charge >= 0.3 is 0 Å². The molecule has 1 atom stereocenters. The first-order valence-corrected chi connectivity index (χ1v) is 10.3. The standard InChI is InChI=1S/C20H22N2O3S/c1-14-18-12-17(11-16-9-6-10-22(19(16)18)20(14)23)26(24,25)21(2)13-15-7-4-3-5-8-15/h3-5,7-8,11-12,14H,6,9-10,13H2,1-2H3/t14-/m1/s1. The highest BCUT2D eigenvalue weighted by Gasteiger charge is 2.39. The van der Waals surface area contributed by atoms with Gasteiger partial charge in [-0.1, -0.05) is 30.3 Å². The fraction of sp³-hybridized carbons (Fsp3) is 0.350. The lowest BCUT2D eigenvalue weighted by Gasteiger charge is -2.26. The monoisotopic (exact) mass is 370 g/mol. The maximum Gasteiger partial charge on any atom is 0.243 e. The highest BCUT2D eigenvalue weighted by molar-refractivity contribution is 7.89. The highest BCUT2D eigenvalue weighted by Crippen LogP contribution is 2.44. The van der Waals surface area contributed by atoms with Crippen LogP contribution in [0.5, 0.6) is 0 Å². The molecule has 0 saturated carbocycles. The van der Waals surface area contributed by atoms with Gasteiger partial charge in [-0.05, 0) is 48.6 Å². The van der Waals surface area contributed by atoms with Crippen molar-refractivity contribution in [3.05, 3.63) is 59.2 Å². The summed E-state index contributed by atoms with van der Waals surface area (Å²) in [7, 11) is -2.02. The molecule has 0 radical (unpaired) electrons. The topological polar surface area (TPSA) is 57.7 Å². The van der Waals surface area contributed by atoms with E-state index in [0.717, 1.165) is 41.8 Å². The van der Waals surface area contributed by atoms with E-state index in [0.29, 0.717) is 6.54 Å². The van der Waals surface area contributed by atoms with E-state index in [1.54, 1.807) is 19.2 Å². The molecular weight excluding hydrogens is 348 g/mol. The summed E-state index contributed by atoms with van der Waals surface area (Å²) in [6.45, 7) is 2.90. The van der Waals surface area contributed by atoms with Crippen LogP contribution in [0, 0.1) is 0 Å². The van der Waals surface area contributed by atoms with Crippen molar-refractivity contribution in [3.8, 4) is 0 Å². The number of hydrogen-bond donors (Lipinski definition) is 0. The third kappa shape index (κ3) is 2.64. The summed E-state index contributed by atoms with van der Waals surface area (Å²) in [5, 5.41) is 0. The van der Waals surface area contributed by atoms with Crippen LogP contribution in [0.4, 0.5) is 5.69 Å². The zero-order valence-corrected chi connectivity index (χ0v) is 15.8. The van der Waals surface area contributed by atoms with Crippen molar-refractivity contribution in [1.82, 2.24) is 4.31 Å². The Morgan fingerprint density at radius 1 is 1.19 bits per heavy atom. The lowest BCUT2D eigenvalue weighted by Crippen LogP contribution is -2.32. The second kappa shape index (κ2) is 6.21. The summed E-state index contributed by atoms with van der Waals surface area (Å²) < 4.78 is 27.6. The summed E-state index contributed by atoms with van der Waals surface area (Å²) in [6, 6.07) is 13.0. The molecule has 2 aromatic rings. The van der Waals surface area contributed by atoms with Crippen LogP contribution in [0.15, 0.2) is 47.4 Å². The van der Waals surface area contributed by atoms with E-state index in [-0.39, 0.29) is 16.7 Å². The van der Waals surface area contributed by atoms with Gasteiger partial charge < -0.3 is 4.90 Å². The Bertz CT molecular complexity index is 970. The Kier molecular flexibility index (Phi) is 4.12. The van der Waals surface area contributed by atoms with Crippen molar-refractivity contribution < 1.29 is 13.2 Å². The number of carbonyl (C=O) groups is 1. The summed E-state index contributed by atoms with van der Waals surface area (Å²) in [4.78, 5) is 14.6. The van der Waals surface area contributed by atoms with Crippen LogP contribution in [-0.4, -0.2) is 32.2 Å². The molecule has 5 nitrogen and oxygen atoms in total. The van der Waals surface area contributed by atoms with E-state index in [2.05, 4.69) is 0 Å². The highest BCUT2D eigenvalue weighted by atomic mass is 32.2. The van der Waals surface area contributed by atoms with Gasteiger partial charge in [0.2, 0.25) is 15.9 Å². The van der Waals surface area contributed by atoms with Crippen LogP contribution in [0.2, 0.25) is 0 Å².